The van der Waals surface area contributed by atoms with Crippen LogP contribution < -0.4 is 10.0 Å². The molecule has 4 rings (SSSR count). The molecule has 0 aliphatic heterocycles. The maximum atomic E-state index is 14.7. The highest BCUT2D eigenvalue weighted by molar-refractivity contribution is 7.79. The smallest absolute Gasteiger partial charge is 0.218 e. The number of nitrogens with zero attached hydrogens (tertiary/aromatic N) is 2. The molecule has 4 aromatic rings. The predicted octanol–water partition coefficient (Wildman–Crippen LogP) is 4.91. The van der Waals surface area contributed by atoms with E-state index in [9.17, 15) is 8.78 Å². The van der Waals surface area contributed by atoms with Crippen molar-refractivity contribution in [1.82, 2.24) is 15.0 Å². The first-order valence-corrected chi connectivity index (χ1v) is 11.1. The molecule has 0 atom stereocenters. The molecular formula is C23H24F2N5S+. The van der Waals surface area contributed by atoms with Crippen molar-refractivity contribution >= 4 is 34.5 Å². The van der Waals surface area contributed by atoms with Gasteiger partial charge in [-0.05, 0) is 55.3 Å². The molecule has 0 bridgehead atoms. The zero-order chi connectivity index (χ0) is 21.8. The number of benzene rings is 1. The molecule has 3 heterocycles. The highest BCUT2D eigenvalue weighted by atomic mass is 32.2. The van der Waals surface area contributed by atoms with E-state index in [0.29, 0.717) is 23.4 Å². The molecule has 3 aromatic heterocycles. The van der Waals surface area contributed by atoms with E-state index in [0.717, 1.165) is 45.5 Å². The molecule has 0 saturated heterocycles. The Labute approximate surface area is 183 Å². The fraction of sp³-hybridized carbons (Fsp3) is 0.217. The summed E-state index contributed by atoms with van der Waals surface area (Å²) in [6.45, 7) is 4.24. The van der Waals surface area contributed by atoms with Crippen molar-refractivity contribution in [3.05, 3.63) is 82.8 Å². The second kappa shape index (κ2) is 9.34. The zero-order valence-corrected chi connectivity index (χ0v) is 18.2. The standard InChI is InChI=1S/C23H23F2N5S/c1-3-31-30-18-5-6-20(24)17(10-18)13-26-21-7-4-15(22(25)29-21)9-16-12-28-23-19(16)8-14(2)11-27-23/h4-8,10-12,30H,3,9,13H2,1-2H3,(H,26,29)(H,27,28)/p+1. The average Bonchev–Trinajstić information content (AvgIpc) is 3.15. The van der Waals surface area contributed by atoms with Gasteiger partial charge in [0.15, 0.2) is 0 Å². The molecule has 3 N–H and O–H groups in total. The molecule has 0 aliphatic rings. The van der Waals surface area contributed by atoms with E-state index in [1.807, 2.05) is 19.2 Å². The van der Waals surface area contributed by atoms with Gasteiger partial charge in [0.05, 0.1) is 17.6 Å². The molecule has 0 saturated carbocycles. The molecule has 1 aromatic carbocycles. The summed E-state index contributed by atoms with van der Waals surface area (Å²) in [4.78, 5) is 11.5. The third-order valence-corrected chi connectivity index (χ3v) is 5.66. The Morgan fingerprint density at radius 3 is 2.74 bits per heavy atom. The first kappa shape index (κ1) is 21.1. The number of aryl methyl sites for hydroxylation is 1. The van der Waals surface area contributed by atoms with Crippen LogP contribution in [0.4, 0.5) is 20.3 Å². The predicted molar refractivity (Wildman–Crippen MR) is 124 cm³/mol. The third kappa shape index (κ3) is 4.96. The second-order valence-electron chi connectivity index (χ2n) is 7.29. The van der Waals surface area contributed by atoms with Gasteiger partial charge in [-0.25, -0.2) is 19.1 Å². The van der Waals surface area contributed by atoms with Crippen molar-refractivity contribution in [3.63, 3.8) is 0 Å². The number of anilines is 2. The summed E-state index contributed by atoms with van der Waals surface area (Å²) in [5.41, 5.74) is 4.62. The largest absolute Gasteiger partial charge is 0.366 e. The monoisotopic (exact) mass is 440 g/mol. The van der Waals surface area contributed by atoms with Gasteiger partial charge in [0, 0.05) is 41.9 Å². The highest BCUT2D eigenvalue weighted by Gasteiger charge is 2.12. The lowest BCUT2D eigenvalue weighted by molar-refractivity contribution is 0.571. The molecule has 0 amide bonds. The van der Waals surface area contributed by atoms with Gasteiger partial charge in [-0.15, -0.1) is 0 Å². The molecular weight excluding hydrogens is 416 g/mol. The van der Waals surface area contributed by atoms with Gasteiger partial charge in [-0.1, -0.05) is 6.07 Å². The van der Waals surface area contributed by atoms with Crippen LogP contribution in [0.3, 0.4) is 0 Å². The molecule has 0 fully saturated rings. The Kier molecular flexibility index (Phi) is 6.36. The van der Waals surface area contributed by atoms with Crippen LogP contribution in [-0.4, -0.2) is 20.7 Å². The number of thiol groups is 1. The first-order chi connectivity index (χ1) is 15.0. The minimum Gasteiger partial charge on any atom is -0.366 e. The Morgan fingerprint density at radius 1 is 1.06 bits per heavy atom. The lowest BCUT2D eigenvalue weighted by Crippen LogP contribution is -2.07. The van der Waals surface area contributed by atoms with Crippen molar-refractivity contribution in [1.29, 1.82) is 0 Å². The molecule has 0 spiro atoms. The Bertz CT molecular complexity index is 1210. The van der Waals surface area contributed by atoms with E-state index in [1.165, 1.54) is 6.07 Å². The van der Waals surface area contributed by atoms with Crippen LogP contribution in [0.15, 0.2) is 48.8 Å². The van der Waals surface area contributed by atoms with Crippen LogP contribution in [0.1, 0.15) is 29.2 Å². The number of hydrogen-bond donors (Lipinski definition) is 3. The highest BCUT2D eigenvalue weighted by Crippen LogP contribution is 2.23. The number of rotatable bonds is 8. The Morgan fingerprint density at radius 2 is 1.94 bits per heavy atom. The number of aromatic nitrogens is 3. The average molecular weight is 441 g/mol. The van der Waals surface area contributed by atoms with E-state index in [1.54, 1.807) is 30.5 Å². The van der Waals surface area contributed by atoms with Gasteiger partial charge in [0.1, 0.15) is 23.0 Å². The van der Waals surface area contributed by atoms with Gasteiger partial charge in [0.25, 0.3) is 0 Å². The molecule has 0 radical (unpaired) electrons. The number of H-pyrrole nitrogens is 1. The number of hydrogen-bond acceptors (Lipinski definition) is 4. The fourth-order valence-corrected chi connectivity index (χ4v) is 3.82. The van der Waals surface area contributed by atoms with Crippen molar-refractivity contribution < 1.29 is 8.78 Å². The van der Waals surface area contributed by atoms with E-state index in [2.05, 4.69) is 31.9 Å². The van der Waals surface area contributed by atoms with Gasteiger partial charge >= 0.3 is 0 Å². The summed E-state index contributed by atoms with van der Waals surface area (Å²) in [5.74, 6) is 0.459. The number of pyridine rings is 2. The number of aromatic amines is 1. The summed E-state index contributed by atoms with van der Waals surface area (Å²) in [6.07, 6.45) is 4.05. The van der Waals surface area contributed by atoms with Crippen LogP contribution in [-0.2, 0) is 24.9 Å². The van der Waals surface area contributed by atoms with E-state index in [-0.39, 0.29) is 12.4 Å². The first-order valence-electron chi connectivity index (χ1n) is 10.1. The van der Waals surface area contributed by atoms with Crippen molar-refractivity contribution in [3.8, 4) is 0 Å². The minimum atomic E-state index is -0.544. The summed E-state index contributed by atoms with van der Waals surface area (Å²) in [7, 11) is 0. The summed E-state index contributed by atoms with van der Waals surface area (Å²) in [5, 5.41) is 3.99. The molecule has 0 unspecified atom stereocenters. The van der Waals surface area contributed by atoms with Crippen LogP contribution in [0, 0.1) is 18.7 Å². The maximum Gasteiger partial charge on any atom is 0.218 e. The van der Waals surface area contributed by atoms with E-state index >= 15 is 0 Å². The lowest BCUT2D eigenvalue weighted by Gasteiger charge is -2.10. The zero-order valence-electron chi connectivity index (χ0n) is 17.3. The van der Waals surface area contributed by atoms with Gasteiger partial charge < -0.3 is 10.3 Å². The van der Waals surface area contributed by atoms with E-state index < -0.39 is 5.95 Å². The fourth-order valence-electron chi connectivity index (χ4n) is 3.34. The number of halogens is 2. The minimum absolute atomic E-state index is 0.212. The second-order valence-corrected chi connectivity index (χ2v) is 8.46. The van der Waals surface area contributed by atoms with Crippen LogP contribution in [0.2, 0.25) is 0 Å². The Balaban J connectivity index is 1.46. The van der Waals surface area contributed by atoms with Crippen molar-refractivity contribution in [2.24, 2.45) is 0 Å². The molecule has 160 valence electrons. The molecule has 0 aliphatic carbocycles. The lowest BCUT2D eigenvalue weighted by atomic mass is 10.1. The summed E-state index contributed by atoms with van der Waals surface area (Å²) >= 11 is 1.06. The van der Waals surface area contributed by atoms with Crippen LogP contribution in [0.5, 0.6) is 0 Å². The van der Waals surface area contributed by atoms with Crippen molar-refractivity contribution in [2.75, 3.05) is 15.8 Å². The topological polar surface area (TPSA) is 65.6 Å². The normalized spacial score (nSPS) is 11.1. The number of fused-ring (bicyclic) bond motifs is 1. The third-order valence-electron chi connectivity index (χ3n) is 4.93. The van der Waals surface area contributed by atoms with Gasteiger partial charge in [-0.2, -0.15) is 4.39 Å². The van der Waals surface area contributed by atoms with Gasteiger partial charge in [0.2, 0.25) is 5.95 Å². The maximum absolute atomic E-state index is 14.7. The molecule has 31 heavy (non-hydrogen) atoms. The SMILES string of the molecule is CC[SH+]Nc1ccc(F)c(CNc2ccc(Cc3c[nH]c4ncc(C)cc34)c(F)n2)c1. The molecule has 5 nitrogen and oxygen atoms in total. The quantitative estimate of drug-likeness (QED) is 0.207. The van der Waals surface area contributed by atoms with Crippen molar-refractivity contribution in [2.45, 2.75) is 26.8 Å². The Hall–Kier alpha value is -3.13. The van der Waals surface area contributed by atoms with Gasteiger partial charge in [-0.3, -0.25) is 0 Å². The number of nitrogens with one attached hydrogen (secondary N) is 3. The van der Waals surface area contributed by atoms with E-state index in [4.69, 9.17) is 0 Å². The summed E-state index contributed by atoms with van der Waals surface area (Å²) in [6, 6.07) is 10.3. The summed E-state index contributed by atoms with van der Waals surface area (Å²) < 4.78 is 32.0. The van der Waals surface area contributed by atoms with Crippen LogP contribution in [0.25, 0.3) is 11.0 Å². The van der Waals surface area contributed by atoms with Crippen LogP contribution >= 0.6 is 0 Å². The molecule has 8 heteroatoms.